The van der Waals surface area contributed by atoms with E-state index in [0.29, 0.717) is 9.21 Å². The van der Waals surface area contributed by atoms with Gasteiger partial charge in [-0.3, -0.25) is 4.79 Å². The maximum atomic E-state index is 11.2. The van der Waals surface area contributed by atoms with Crippen molar-refractivity contribution in [3.63, 3.8) is 0 Å². The molecule has 0 spiro atoms. The number of thiophene rings is 1. The Hall–Kier alpha value is -0.380. The predicted molar refractivity (Wildman–Crippen MR) is 47.3 cm³/mol. The summed E-state index contributed by atoms with van der Waals surface area (Å²) >= 11 is 6.89. The highest BCUT2D eigenvalue weighted by Crippen LogP contribution is 2.22. The number of rotatable bonds is 2. The minimum Gasteiger partial charge on any atom is -0.321 e. The van der Waals surface area contributed by atoms with E-state index in [1.807, 2.05) is 0 Å². The summed E-state index contributed by atoms with van der Waals surface area (Å²) in [5.74, 6) is -0.0538. The number of carbonyl (C=O) groups is 1. The molecule has 1 atom stereocenters. The third kappa shape index (κ3) is 2.02. The third-order valence-corrected chi connectivity index (χ3v) is 2.48. The Morgan fingerprint density at radius 3 is 2.73 bits per heavy atom. The van der Waals surface area contributed by atoms with Gasteiger partial charge < -0.3 is 5.73 Å². The van der Waals surface area contributed by atoms with Crippen molar-refractivity contribution in [1.82, 2.24) is 0 Å². The van der Waals surface area contributed by atoms with Crippen molar-refractivity contribution in [3.8, 4) is 0 Å². The zero-order valence-electron chi connectivity index (χ0n) is 6.00. The predicted octanol–water partition coefficient (Wildman–Crippen LogP) is 1.93. The van der Waals surface area contributed by atoms with Crippen molar-refractivity contribution >= 4 is 28.7 Å². The summed E-state index contributed by atoms with van der Waals surface area (Å²) in [6, 6.07) is 2.95. The average Bonchev–Trinajstić information content (AvgIpc) is 2.34. The monoisotopic (exact) mass is 189 g/mol. The van der Waals surface area contributed by atoms with Crippen molar-refractivity contribution in [2.45, 2.75) is 13.0 Å². The van der Waals surface area contributed by atoms with Crippen LogP contribution in [0.15, 0.2) is 12.1 Å². The van der Waals surface area contributed by atoms with Crippen LogP contribution in [0.2, 0.25) is 4.34 Å². The van der Waals surface area contributed by atoms with E-state index in [-0.39, 0.29) is 5.78 Å². The van der Waals surface area contributed by atoms with Crippen LogP contribution in [0, 0.1) is 0 Å². The van der Waals surface area contributed by atoms with Gasteiger partial charge in [0.2, 0.25) is 0 Å². The standard InChI is InChI=1S/C7H8ClNOS/c1-4(9)7(10)5-2-3-6(8)11-5/h2-4H,9H2,1H3. The largest absolute Gasteiger partial charge is 0.321 e. The Bertz CT molecular complexity index is 269. The fourth-order valence-electron chi connectivity index (χ4n) is 0.671. The van der Waals surface area contributed by atoms with E-state index in [9.17, 15) is 4.79 Å². The van der Waals surface area contributed by atoms with Gasteiger partial charge in [-0.2, -0.15) is 0 Å². The van der Waals surface area contributed by atoms with Gasteiger partial charge in [-0.05, 0) is 19.1 Å². The van der Waals surface area contributed by atoms with E-state index >= 15 is 0 Å². The van der Waals surface area contributed by atoms with Crippen molar-refractivity contribution in [2.75, 3.05) is 0 Å². The molecular weight excluding hydrogens is 182 g/mol. The van der Waals surface area contributed by atoms with E-state index in [2.05, 4.69) is 0 Å². The third-order valence-electron chi connectivity index (χ3n) is 1.23. The number of halogens is 1. The van der Waals surface area contributed by atoms with Crippen molar-refractivity contribution < 1.29 is 4.79 Å². The maximum absolute atomic E-state index is 11.2. The Morgan fingerprint density at radius 1 is 1.73 bits per heavy atom. The van der Waals surface area contributed by atoms with Gasteiger partial charge in [0.25, 0.3) is 0 Å². The summed E-state index contributed by atoms with van der Waals surface area (Å²) < 4.78 is 0.619. The van der Waals surface area contributed by atoms with Gasteiger partial charge in [-0.25, -0.2) is 0 Å². The highest BCUT2D eigenvalue weighted by Gasteiger charge is 2.12. The molecule has 0 radical (unpaired) electrons. The van der Waals surface area contributed by atoms with Crippen LogP contribution in [0.4, 0.5) is 0 Å². The fraction of sp³-hybridized carbons (Fsp3) is 0.286. The molecule has 0 aliphatic heterocycles. The SMILES string of the molecule is CC(N)C(=O)c1ccc(Cl)s1. The number of ketones is 1. The molecule has 60 valence electrons. The molecule has 1 rings (SSSR count). The molecule has 1 heterocycles. The summed E-state index contributed by atoms with van der Waals surface area (Å²) in [6.07, 6.45) is 0. The van der Waals surface area contributed by atoms with Gasteiger partial charge in [0.1, 0.15) is 0 Å². The summed E-state index contributed by atoms with van der Waals surface area (Å²) in [6.45, 7) is 1.66. The molecular formula is C7H8ClNOS. The van der Waals surface area contributed by atoms with Crippen LogP contribution in [-0.4, -0.2) is 11.8 Å². The molecule has 0 aliphatic rings. The number of nitrogens with two attached hydrogens (primary N) is 1. The van der Waals surface area contributed by atoms with E-state index in [0.717, 1.165) is 0 Å². The maximum Gasteiger partial charge on any atom is 0.189 e. The molecule has 1 unspecified atom stereocenters. The lowest BCUT2D eigenvalue weighted by Crippen LogP contribution is -2.25. The molecule has 2 N–H and O–H groups in total. The molecule has 0 amide bonds. The first-order valence-corrected chi connectivity index (χ1v) is 4.36. The lowest BCUT2D eigenvalue weighted by Gasteiger charge is -1.98. The molecule has 11 heavy (non-hydrogen) atoms. The minimum absolute atomic E-state index is 0.0538. The molecule has 0 aliphatic carbocycles. The lowest BCUT2D eigenvalue weighted by molar-refractivity contribution is 0.0972. The number of Topliss-reactive ketones (excluding diaryl/α,β-unsaturated/α-hetero) is 1. The number of carbonyl (C=O) groups excluding carboxylic acids is 1. The molecule has 0 saturated heterocycles. The molecule has 2 nitrogen and oxygen atoms in total. The van der Waals surface area contributed by atoms with E-state index in [4.69, 9.17) is 17.3 Å². The quantitative estimate of drug-likeness (QED) is 0.723. The molecule has 0 bridgehead atoms. The van der Waals surface area contributed by atoms with Gasteiger partial charge in [0.15, 0.2) is 5.78 Å². The van der Waals surface area contributed by atoms with Crippen LogP contribution in [0.1, 0.15) is 16.6 Å². The second-order valence-corrected chi connectivity index (χ2v) is 3.97. The lowest BCUT2D eigenvalue weighted by atomic mass is 10.2. The molecule has 0 aromatic carbocycles. The first-order valence-electron chi connectivity index (χ1n) is 3.16. The number of hydrogen-bond donors (Lipinski definition) is 1. The molecule has 0 saturated carbocycles. The van der Waals surface area contributed by atoms with Crippen LogP contribution in [-0.2, 0) is 0 Å². The summed E-state index contributed by atoms with van der Waals surface area (Å²) in [7, 11) is 0. The average molecular weight is 190 g/mol. The highest BCUT2D eigenvalue weighted by atomic mass is 35.5. The Labute approximate surface area is 74.0 Å². The van der Waals surface area contributed by atoms with Crippen LogP contribution >= 0.6 is 22.9 Å². The molecule has 0 fully saturated rings. The Balaban J connectivity index is 2.85. The van der Waals surface area contributed by atoms with Gasteiger partial charge >= 0.3 is 0 Å². The molecule has 4 heteroatoms. The molecule has 1 aromatic rings. The van der Waals surface area contributed by atoms with E-state index < -0.39 is 6.04 Å². The zero-order valence-corrected chi connectivity index (χ0v) is 7.58. The summed E-state index contributed by atoms with van der Waals surface area (Å²) in [5.41, 5.74) is 5.39. The van der Waals surface area contributed by atoms with Gasteiger partial charge in [-0.1, -0.05) is 11.6 Å². The normalized spacial score (nSPS) is 13.0. The molecule has 1 aromatic heterocycles. The van der Waals surface area contributed by atoms with Crippen LogP contribution in [0.25, 0.3) is 0 Å². The van der Waals surface area contributed by atoms with Crippen LogP contribution in [0.5, 0.6) is 0 Å². The Morgan fingerprint density at radius 2 is 2.36 bits per heavy atom. The highest BCUT2D eigenvalue weighted by molar-refractivity contribution is 7.18. The van der Waals surface area contributed by atoms with Crippen molar-refractivity contribution in [2.24, 2.45) is 5.73 Å². The first kappa shape index (κ1) is 8.71. The van der Waals surface area contributed by atoms with E-state index in [1.165, 1.54) is 11.3 Å². The topological polar surface area (TPSA) is 43.1 Å². The zero-order chi connectivity index (χ0) is 8.43. The summed E-state index contributed by atoms with van der Waals surface area (Å²) in [5, 5.41) is 0. The Kier molecular flexibility index (Phi) is 2.65. The van der Waals surface area contributed by atoms with Crippen molar-refractivity contribution in [1.29, 1.82) is 0 Å². The minimum atomic E-state index is -0.440. The fourth-order valence-corrected chi connectivity index (χ4v) is 1.75. The van der Waals surface area contributed by atoms with Crippen molar-refractivity contribution in [3.05, 3.63) is 21.3 Å². The summed E-state index contributed by atoms with van der Waals surface area (Å²) in [4.78, 5) is 11.8. The first-order chi connectivity index (χ1) is 5.11. The van der Waals surface area contributed by atoms with E-state index in [1.54, 1.807) is 19.1 Å². The van der Waals surface area contributed by atoms with Gasteiger partial charge in [0.05, 0.1) is 15.3 Å². The second-order valence-electron chi connectivity index (χ2n) is 2.26. The van der Waals surface area contributed by atoms with Gasteiger partial charge in [-0.15, -0.1) is 11.3 Å². The van der Waals surface area contributed by atoms with Gasteiger partial charge in [0, 0.05) is 0 Å². The number of hydrogen-bond acceptors (Lipinski definition) is 3. The second kappa shape index (κ2) is 3.34. The smallest absolute Gasteiger partial charge is 0.189 e. The van der Waals surface area contributed by atoms with Crippen LogP contribution in [0.3, 0.4) is 0 Å². The van der Waals surface area contributed by atoms with Crippen LogP contribution < -0.4 is 5.73 Å².